The van der Waals surface area contributed by atoms with Crippen molar-refractivity contribution in [2.24, 2.45) is 0 Å². The van der Waals surface area contributed by atoms with Crippen molar-refractivity contribution in [2.75, 3.05) is 5.33 Å². The highest BCUT2D eigenvalue weighted by atomic mass is 79.9. The molecule has 1 atom stereocenters. The van der Waals surface area contributed by atoms with E-state index < -0.39 is 4.92 Å². The SMILES string of the molecule is O=[N+]([O-])c1ccn(CC(CBr)c2ccccc2)n1. The van der Waals surface area contributed by atoms with E-state index in [1.807, 2.05) is 30.3 Å². The molecule has 0 amide bonds. The maximum absolute atomic E-state index is 10.6. The van der Waals surface area contributed by atoms with Gasteiger partial charge in [0.1, 0.15) is 0 Å². The smallest absolute Gasteiger partial charge is 0.358 e. The number of nitrogens with zero attached hydrogens (tertiary/aromatic N) is 3. The Kier molecular flexibility index (Phi) is 4.09. The zero-order valence-corrected chi connectivity index (χ0v) is 11.2. The van der Waals surface area contributed by atoms with E-state index in [-0.39, 0.29) is 11.7 Å². The molecule has 18 heavy (non-hydrogen) atoms. The second-order valence-corrected chi connectivity index (χ2v) is 4.56. The Morgan fingerprint density at radius 2 is 2.06 bits per heavy atom. The summed E-state index contributed by atoms with van der Waals surface area (Å²) in [4.78, 5) is 10.1. The maximum Gasteiger partial charge on any atom is 0.389 e. The van der Waals surface area contributed by atoms with Crippen LogP contribution in [0.4, 0.5) is 5.82 Å². The number of benzene rings is 1. The molecule has 0 aliphatic rings. The van der Waals surface area contributed by atoms with Gasteiger partial charge in [0.05, 0.1) is 23.9 Å². The monoisotopic (exact) mass is 309 g/mol. The lowest BCUT2D eigenvalue weighted by molar-refractivity contribution is -0.389. The molecule has 0 fully saturated rings. The second-order valence-electron chi connectivity index (χ2n) is 3.91. The summed E-state index contributed by atoms with van der Waals surface area (Å²) < 4.78 is 1.61. The Hall–Kier alpha value is -1.69. The van der Waals surface area contributed by atoms with E-state index in [9.17, 15) is 10.1 Å². The Labute approximate surface area is 113 Å². The van der Waals surface area contributed by atoms with E-state index >= 15 is 0 Å². The molecular weight excluding hydrogens is 298 g/mol. The van der Waals surface area contributed by atoms with E-state index in [0.29, 0.717) is 6.54 Å². The molecule has 94 valence electrons. The van der Waals surface area contributed by atoms with Crippen LogP contribution in [0.25, 0.3) is 0 Å². The van der Waals surface area contributed by atoms with Crippen molar-refractivity contribution in [1.29, 1.82) is 0 Å². The summed E-state index contributed by atoms with van der Waals surface area (Å²) in [6.45, 7) is 0.614. The number of hydrogen-bond donors (Lipinski definition) is 0. The van der Waals surface area contributed by atoms with Crippen molar-refractivity contribution in [3.8, 4) is 0 Å². The van der Waals surface area contributed by atoms with E-state index in [1.165, 1.54) is 11.6 Å². The van der Waals surface area contributed by atoms with Crippen LogP contribution in [0.3, 0.4) is 0 Å². The van der Waals surface area contributed by atoms with Crippen LogP contribution in [0.15, 0.2) is 42.6 Å². The van der Waals surface area contributed by atoms with E-state index in [1.54, 1.807) is 10.9 Å². The van der Waals surface area contributed by atoms with Crippen molar-refractivity contribution in [2.45, 2.75) is 12.5 Å². The zero-order chi connectivity index (χ0) is 13.0. The van der Waals surface area contributed by atoms with Crippen LogP contribution in [0.2, 0.25) is 0 Å². The molecule has 2 rings (SSSR count). The van der Waals surface area contributed by atoms with Gasteiger partial charge in [0.15, 0.2) is 0 Å². The van der Waals surface area contributed by atoms with E-state index in [0.717, 1.165) is 5.33 Å². The van der Waals surface area contributed by atoms with Gasteiger partial charge in [0.25, 0.3) is 0 Å². The van der Waals surface area contributed by atoms with Crippen LogP contribution in [0.1, 0.15) is 11.5 Å². The van der Waals surface area contributed by atoms with Crippen LogP contribution in [0.5, 0.6) is 0 Å². The van der Waals surface area contributed by atoms with Gasteiger partial charge in [-0.3, -0.25) is 0 Å². The first kappa shape index (κ1) is 12.8. The highest BCUT2D eigenvalue weighted by molar-refractivity contribution is 9.09. The molecule has 0 saturated carbocycles. The fourth-order valence-corrected chi connectivity index (χ4v) is 2.32. The third-order valence-corrected chi connectivity index (χ3v) is 3.46. The molecule has 0 aliphatic heterocycles. The first-order valence-electron chi connectivity index (χ1n) is 5.49. The second kappa shape index (κ2) is 5.77. The molecular formula is C12H12BrN3O2. The normalized spacial score (nSPS) is 12.3. The Morgan fingerprint density at radius 1 is 1.33 bits per heavy atom. The molecule has 0 N–H and O–H groups in total. The van der Waals surface area contributed by atoms with Gasteiger partial charge in [-0.2, -0.15) is 4.68 Å². The number of halogens is 1. The van der Waals surface area contributed by atoms with Crippen molar-refractivity contribution < 1.29 is 4.92 Å². The minimum atomic E-state index is -0.484. The Morgan fingerprint density at radius 3 is 2.61 bits per heavy atom. The predicted molar refractivity (Wildman–Crippen MR) is 71.9 cm³/mol. The first-order chi connectivity index (χ1) is 8.70. The van der Waals surface area contributed by atoms with Gasteiger partial charge < -0.3 is 10.1 Å². The van der Waals surface area contributed by atoms with Crippen LogP contribution in [-0.2, 0) is 6.54 Å². The molecule has 2 aromatic rings. The molecule has 0 spiro atoms. The average Bonchev–Trinajstić information content (AvgIpc) is 2.86. The number of alkyl halides is 1. The van der Waals surface area contributed by atoms with Gasteiger partial charge in [-0.05, 0) is 10.5 Å². The molecule has 1 aromatic heterocycles. The minimum absolute atomic E-state index is 0.114. The molecule has 0 aliphatic carbocycles. The highest BCUT2D eigenvalue weighted by Gasteiger charge is 2.16. The van der Waals surface area contributed by atoms with Gasteiger partial charge >= 0.3 is 5.82 Å². The molecule has 1 unspecified atom stereocenters. The molecule has 6 heteroatoms. The van der Waals surface area contributed by atoms with Gasteiger partial charge in [0.2, 0.25) is 0 Å². The van der Waals surface area contributed by atoms with Crippen LogP contribution in [0, 0.1) is 10.1 Å². The molecule has 1 aromatic carbocycles. The largest absolute Gasteiger partial charge is 0.389 e. The Bertz CT molecular complexity index is 527. The summed E-state index contributed by atoms with van der Waals surface area (Å²) in [5, 5.41) is 15.3. The molecule has 1 heterocycles. The van der Waals surface area contributed by atoms with Crippen LogP contribution >= 0.6 is 15.9 Å². The summed E-state index contributed by atoms with van der Waals surface area (Å²) in [6.07, 6.45) is 1.64. The van der Waals surface area contributed by atoms with Crippen LogP contribution in [-0.4, -0.2) is 20.0 Å². The van der Waals surface area contributed by atoms with Gasteiger partial charge in [-0.15, -0.1) is 0 Å². The summed E-state index contributed by atoms with van der Waals surface area (Å²) >= 11 is 3.47. The number of hydrogen-bond acceptors (Lipinski definition) is 3. The molecule has 0 radical (unpaired) electrons. The topological polar surface area (TPSA) is 61.0 Å². The summed E-state index contributed by atoms with van der Waals surface area (Å²) in [6, 6.07) is 11.4. The first-order valence-corrected chi connectivity index (χ1v) is 6.61. The quantitative estimate of drug-likeness (QED) is 0.484. The fourth-order valence-electron chi connectivity index (χ4n) is 1.74. The lowest BCUT2D eigenvalue weighted by atomic mass is 10.0. The molecule has 0 saturated heterocycles. The van der Waals surface area contributed by atoms with Crippen molar-refractivity contribution >= 4 is 21.7 Å². The number of rotatable bonds is 5. The third kappa shape index (κ3) is 2.95. The summed E-state index contributed by atoms with van der Waals surface area (Å²) in [5.41, 5.74) is 1.19. The fraction of sp³-hybridized carbons (Fsp3) is 0.250. The predicted octanol–water partition coefficient (Wildman–Crippen LogP) is 2.97. The number of aromatic nitrogens is 2. The average molecular weight is 310 g/mol. The van der Waals surface area contributed by atoms with Gasteiger partial charge in [0, 0.05) is 11.2 Å². The minimum Gasteiger partial charge on any atom is -0.358 e. The zero-order valence-electron chi connectivity index (χ0n) is 9.57. The number of nitro groups is 1. The molecule has 0 bridgehead atoms. The van der Waals surface area contributed by atoms with E-state index in [2.05, 4.69) is 21.0 Å². The van der Waals surface area contributed by atoms with Gasteiger partial charge in [-0.1, -0.05) is 46.3 Å². The Balaban J connectivity index is 2.13. The summed E-state index contributed by atoms with van der Waals surface area (Å²) in [5.74, 6) is 0.127. The lowest BCUT2D eigenvalue weighted by Crippen LogP contribution is -2.11. The maximum atomic E-state index is 10.6. The van der Waals surface area contributed by atoms with Crippen LogP contribution < -0.4 is 0 Å². The summed E-state index contributed by atoms with van der Waals surface area (Å²) in [7, 11) is 0. The molecule has 5 nitrogen and oxygen atoms in total. The van der Waals surface area contributed by atoms with E-state index in [4.69, 9.17) is 0 Å². The van der Waals surface area contributed by atoms with Gasteiger partial charge in [-0.25, -0.2) is 0 Å². The standard InChI is InChI=1S/C12H12BrN3O2/c13-8-11(10-4-2-1-3-5-10)9-15-7-6-12(14-15)16(17)18/h1-7,11H,8-9H2. The lowest BCUT2D eigenvalue weighted by Gasteiger charge is -2.12. The van der Waals surface area contributed by atoms with Crippen molar-refractivity contribution in [1.82, 2.24) is 9.78 Å². The van der Waals surface area contributed by atoms with Crippen molar-refractivity contribution in [3.05, 3.63) is 58.3 Å². The third-order valence-electron chi connectivity index (χ3n) is 2.68. The van der Waals surface area contributed by atoms with Crippen molar-refractivity contribution in [3.63, 3.8) is 0 Å². The highest BCUT2D eigenvalue weighted by Crippen LogP contribution is 2.20.